The molecule has 5 rings (SSSR count). The van der Waals surface area contributed by atoms with Crippen LogP contribution in [0.5, 0.6) is 5.75 Å². The molecule has 1 atom stereocenters. The van der Waals surface area contributed by atoms with Crippen LogP contribution < -0.4 is 9.64 Å². The first kappa shape index (κ1) is 21.5. The number of carbonyl (C=O) groups excluding carboxylic acids is 2. The number of nitrogens with zero attached hydrogens (tertiary/aromatic N) is 1. The highest BCUT2D eigenvalue weighted by atomic mass is 16.5. The van der Waals surface area contributed by atoms with Crippen molar-refractivity contribution in [1.82, 2.24) is 4.98 Å². The third-order valence-electron chi connectivity index (χ3n) is 6.00. The molecule has 0 saturated carbocycles. The summed E-state index contributed by atoms with van der Waals surface area (Å²) in [5.74, 6) is -0.931. The predicted molar refractivity (Wildman–Crippen MR) is 132 cm³/mol. The first-order valence-electron chi connectivity index (χ1n) is 11.3. The predicted octanol–water partition coefficient (Wildman–Crippen LogP) is 5.58. The fourth-order valence-electron chi connectivity index (χ4n) is 4.39. The summed E-state index contributed by atoms with van der Waals surface area (Å²) in [5.41, 5.74) is 2.71. The molecule has 0 bridgehead atoms. The topological polar surface area (TPSA) is 82.6 Å². The van der Waals surface area contributed by atoms with Crippen LogP contribution >= 0.6 is 0 Å². The van der Waals surface area contributed by atoms with Gasteiger partial charge < -0.3 is 14.8 Å². The molecule has 1 fully saturated rings. The number of fused-ring (bicyclic) bond motifs is 1. The second kappa shape index (κ2) is 8.90. The molecule has 0 radical (unpaired) electrons. The molecule has 3 aromatic carbocycles. The SMILES string of the molecule is CCCOc1ccc(/C(O)=C2\C(=O)C(=O)N(c3ccccc3)C2c2c[nH]c3ccccc23)cc1. The number of benzene rings is 3. The van der Waals surface area contributed by atoms with Crippen molar-refractivity contribution in [2.45, 2.75) is 19.4 Å². The van der Waals surface area contributed by atoms with Crippen LogP contribution in [0.3, 0.4) is 0 Å². The third-order valence-corrected chi connectivity index (χ3v) is 6.00. The summed E-state index contributed by atoms with van der Waals surface area (Å²) in [6, 6.07) is 22.9. The number of anilines is 1. The average molecular weight is 453 g/mol. The van der Waals surface area contributed by atoms with Gasteiger partial charge in [-0.05, 0) is 48.9 Å². The number of aromatic amines is 1. The number of aromatic nitrogens is 1. The highest BCUT2D eigenvalue weighted by Crippen LogP contribution is 2.44. The van der Waals surface area contributed by atoms with E-state index in [0.29, 0.717) is 23.6 Å². The molecule has 4 aromatic rings. The minimum atomic E-state index is -0.783. The van der Waals surface area contributed by atoms with Crippen LogP contribution in [0.2, 0.25) is 0 Å². The molecule has 1 amide bonds. The molecule has 34 heavy (non-hydrogen) atoms. The van der Waals surface area contributed by atoms with Crippen molar-refractivity contribution in [3.8, 4) is 5.75 Å². The van der Waals surface area contributed by atoms with Gasteiger partial charge in [-0.3, -0.25) is 14.5 Å². The van der Waals surface area contributed by atoms with Gasteiger partial charge in [-0.1, -0.05) is 43.3 Å². The van der Waals surface area contributed by atoms with E-state index in [4.69, 9.17) is 4.74 Å². The van der Waals surface area contributed by atoms with Crippen molar-refractivity contribution in [3.63, 3.8) is 0 Å². The number of ether oxygens (including phenoxy) is 1. The Morgan fingerprint density at radius 3 is 2.41 bits per heavy atom. The fraction of sp³-hybridized carbons (Fsp3) is 0.143. The van der Waals surface area contributed by atoms with E-state index in [1.165, 1.54) is 4.90 Å². The number of nitrogens with one attached hydrogen (secondary N) is 1. The van der Waals surface area contributed by atoms with E-state index in [-0.39, 0.29) is 11.3 Å². The van der Waals surface area contributed by atoms with Crippen molar-refractivity contribution >= 4 is 34.0 Å². The summed E-state index contributed by atoms with van der Waals surface area (Å²) in [4.78, 5) is 31.3. The van der Waals surface area contributed by atoms with Crippen LogP contribution in [0.1, 0.15) is 30.5 Å². The lowest BCUT2D eigenvalue weighted by atomic mass is 9.94. The molecule has 2 heterocycles. The normalized spacial score (nSPS) is 17.4. The lowest BCUT2D eigenvalue weighted by Gasteiger charge is -2.25. The Balaban J connectivity index is 1.68. The number of hydrogen-bond donors (Lipinski definition) is 2. The largest absolute Gasteiger partial charge is 0.507 e. The van der Waals surface area contributed by atoms with Gasteiger partial charge in [-0.25, -0.2) is 0 Å². The molecule has 1 saturated heterocycles. The van der Waals surface area contributed by atoms with Crippen molar-refractivity contribution in [2.24, 2.45) is 0 Å². The fourth-order valence-corrected chi connectivity index (χ4v) is 4.39. The van der Waals surface area contributed by atoms with Gasteiger partial charge in [0.25, 0.3) is 11.7 Å². The van der Waals surface area contributed by atoms with E-state index in [1.807, 2.05) is 49.4 Å². The third kappa shape index (κ3) is 3.63. The maximum Gasteiger partial charge on any atom is 0.300 e. The zero-order chi connectivity index (χ0) is 23.7. The summed E-state index contributed by atoms with van der Waals surface area (Å²) >= 11 is 0. The van der Waals surface area contributed by atoms with E-state index in [9.17, 15) is 14.7 Å². The minimum Gasteiger partial charge on any atom is -0.507 e. The van der Waals surface area contributed by atoms with E-state index < -0.39 is 17.7 Å². The zero-order valence-corrected chi connectivity index (χ0v) is 18.7. The Morgan fingerprint density at radius 1 is 0.971 bits per heavy atom. The molecule has 6 nitrogen and oxygen atoms in total. The second-order valence-electron chi connectivity index (χ2n) is 8.17. The number of hydrogen-bond acceptors (Lipinski definition) is 4. The van der Waals surface area contributed by atoms with Crippen molar-refractivity contribution < 1.29 is 19.4 Å². The van der Waals surface area contributed by atoms with Gasteiger partial charge in [-0.2, -0.15) is 0 Å². The van der Waals surface area contributed by atoms with Gasteiger partial charge in [0.1, 0.15) is 11.5 Å². The summed E-state index contributed by atoms with van der Waals surface area (Å²) in [5, 5.41) is 12.2. The smallest absolute Gasteiger partial charge is 0.300 e. The highest BCUT2D eigenvalue weighted by molar-refractivity contribution is 6.51. The van der Waals surface area contributed by atoms with Crippen molar-refractivity contribution in [2.75, 3.05) is 11.5 Å². The number of Topliss-reactive ketones (excluding diaryl/α,β-unsaturated/α-hetero) is 1. The lowest BCUT2D eigenvalue weighted by molar-refractivity contribution is -0.132. The van der Waals surface area contributed by atoms with Gasteiger partial charge in [0, 0.05) is 33.9 Å². The quantitative estimate of drug-likeness (QED) is 0.227. The number of rotatable bonds is 6. The van der Waals surface area contributed by atoms with Crippen molar-refractivity contribution in [1.29, 1.82) is 0 Å². The van der Waals surface area contributed by atoms with Crippen LogP contribution in [0.15, 0.2) is 90.6 Å². The van der Waals surface area contributed by atoms with Gasteiger partial charge in [0.2, 0.25) is 0 Å². The molecular formula is C28H24N2O4. The molecule has 0 aliphatic carbocycles. The average Bonchev–Trinajstić information content (AvgIpc) is 3.41. The molecule has 1 unspecified atom stereocenters. The Bertz CT molecular complexity index is 1390. The number of H-pyrrole nitrogens is 1. The van der Waals surface area contributed by atoms with Crippen molar-refractivity contribution in [3.05, 3.63) is 102 Å². The zero-order valence-electron chi connectivity index (χ0n) is 18.7. The van der Waals surface area contributed by atoms with Crippen LogP contribution in [-0.4, -0.2) is 28.4 Å². The molecule has 2 N–H and O–H groups in total. The Morgan fingerprint density at radius 2 is 1.68 bits per heavy atom. The van der Waals surface area contributed by atoms with Crippen LogP contribution in [0.25, 0.3) is 16.7 Å². The molecule has 6 heteroatoms. The Labute approximate surface area is 197 Å². The number of para-hydroxylation sites is 2. The second-order valence-corrected chi connectivity index (χ2v) is 8.17. The van der Waals surface area contributed by atoms with Crippen LogP contribution in [0, 0.1) is 0 Å². The maximum atomic E-state index is 13.3. The van der Waals surface area contributed by atoms with Crippen LogP contribution in [0.4, 0.5) is 5.69 Å². The molecule has 1 aliphatic heterocycles. The van der Waals surface area contributed by atoms with Crippen LogP contribution in [-0.2, 0) is 9.59 Å². The summed E-state index contributed by atoms with van der Waals surface area (Å²) in [7, 11) is 0. The monoisotopic (exact) mass is 452 g/mol. The van der Waals surface area contributed by atoms with E-state index >= 15 is 0 Å². The standard InChI is InChI=1S/C28H24N2O4/c1-2-16-34-20-14-12-18(13-15-20)26(31)24-25(22-17-29-23-11-7-6-10-21(22)23)30(28(33)27(24)32)19-8-4-3-5-9-19/h3-15,17,25,29,31H,2,16H2,1H3/b26-24+. The summed E-state index contributed by atoms with van der Waals surface area (Å²) in [6.07, 6.45) is 2.68. The van der Waals surface area contributed by atoms with E-state index in [1.54, 1.807) is 42.6 Å². The molecule has 1 aliphatic rings. The molecular weight excluding hydrogens is 428 g/mol. The first-order valence-corrected chi connectivity index (χ1v) is 11.3. The van der Waals surface area contributed by atoms with Gasteiger partial charge in [-0.15, -0.1) is 0 Å². The summed E-state index contributed by atoms with van der Waals surface area (Å²) < 4.78 is 5.63. The van der Waals surface area contributed by atoms with Gasteiger partial charge in [0.05, 0.1) is 18.2 Å². The summed E-state index contributed by atoms with van der Waals surface area (Å²) in [6.45, 7) is 2.62. The molecule has 0 spiro atoms. The van der Waals surface area contributed by atoms with Gasteiger partial charge in [0.15, 0.2) is 0 Å². The number of aliphatic hydroxyl groups is 1. The lowest BCUT2D eigenvalue weighted by Crippen LogP contribution is -2.29. The maximum absolute atomic E-state index is 13.3. The number of carbonyl (C=O) groups is 2. The number of aliphatic hydroxyl groups excluding tert-OH is 1. The first-order chi connectivity index (χ1) is 16.6. The van der Waals surface area contributed by atoms with Gasteiger partial charge >= 0.3 is 0 Å². The number of amides is 1. The molecule has 1 aromatic heterocycles. The Kier molecular flexibility index (Phi) is 5.64. The number of ketones is 1. The Hall–Kier alpha value is -4.32. The minimum absolute atomic E-state index is 0.0563. The highest BCUT2D eigenvalue weighted by Gasteiger charge is 2.47. The van der Waals surface area contributed by atoms with E-state index in [0.717, 1.165) is 22.9 Å². The molecule has 170 valence electrons. The van der Waals surface area contributed by atoms with E-state index in [2.05, 4.69) is 4.98 Å².